The highest BCUT2D eigenvalue weighted by atomic mass is 79.9. The number of hydrogen-bond acceptors (Lipinski definition) is 1. The van der Waals surface area contributed by atoms with E-state index in [-0.39, 0.29) is 5.91 Å². The van der Waals surface area contributed by atoms with Crippen LogP contribution >= 0.6 is 15.9 Å². The minimum atomic E-state index is 0.253. The van der Waals surface area contributed by atoms with Crippen LogP contribution < -0.4 is 4.90 Å². The van der Waals surface area contributed by atoms with Gasteiger partial charge in [0.15, 0.2) is 0 Å². The number of halogens is 1. The van der Waals surface area contributed by atoms with Crippen LogP contribution in [0.1, 0.15) is 45.1 Å². The molecule has 1 unspecified atom stereocenters. The maximum absolute atomic E-state index is 12.2. The van der Waals surface area contributed by atoms with Gasteiger partial charge in [-0.05, 0) is 30.0 Å². The van der Waals surface area contributed by atoms with Gasteiger partial charge in [0.05, 0.1) is 6.42 Å². The number of amides is 1. The van der Waals surface area contributed by atoms with Gasteiger partial charge in [0.25, 0.3) is 0 Å². The number of fused-ring (bicyclic) bond motifs is 1. The summed E-state index contributed by atoms with van der Waals surface area (Å²) in [6.45, 7) is 5.32. The molecule has 0 N–H and O–H groups in total. The molecule has 0 radical (unpaired) electrons. The Balaban J connectivity index is 2.12. The van der Waals surface area contributed by atoms with Crippen molar-refractivity contribution in [2.45, 2.75) is 46.0 Å². The topological polar surface area (TPSA) is 20.3 Å². The Morgan fingerprint density at radius 3 is 2.84 bits per heavy atom. The quantitative estimate of drug-likeness (QED) is 0.751. The first kappa shape index (κ1) is 14.6. The molecule has 1 aliphatic heterocycles. The summed E-state index contributed by atoms with van der Waals surface area (Å²) in [6.07, 6.45) is 5.42. The smallest absolute Gasteiger partial charge is 0.231 e. The molecule has 1 amide bonds. The Morgan fingerprint density at radius 1 is 1.37 bits per heavy atom. The Morgan fingerprint density at radius 2 is 2.16 bits per heavy atom. The van der Waals surface area contributed by atoms with Gasteiger partial charge in [0.2, 0.25) is 5.91 Å². The summed E-state index contributed by atoms with van der Waals surface area (Å²) in [6, 6.07) is 6.15. The molecule has 1 aromatic rings. The van der Waals surface area contributed by atoms with Crippen LogP contribution in [0.3, 0.4) is 0 Å². The SMILES string of the molecule is CCCCC(CC)CN1C(=O)Cc2ccc(Br)cc21. The van der Waals surface area contributed by atoms with E-state index in [4.69, 9.17) is 0 Å². The van der Waals surface area contributed by atoms with Crippen molar-refractivity contribution >= 4 is 27.5 Å². The summed E-state index contributed by atoms with van der Waals surface area (Å²) in [5, 5.41) is 0. The molecule has 1 aliphatic rings. The molecule has 19 heavy (non-hydrogen) atoms. The summed E-state index contributed by atoms with van der Waals surface area (Å²) in [4.78, 5) is 14.2. The predicted molar refractivity (Wildman–Crippen MR) is 83.5 cm³/mol. The highest BCUT2D eigenvalue weighted by Crippen LogP contribution is 2.33. The first-order valence-corrected chi connectivity index (χ1v) is 8.03. The Labute approximate surface area is 124 Å². The number of benzene rings is 1. The zero-order chi connectivity index (χ0) is 13.8. The largest absolute Gasteiger partial charge is 0.312 e. The van der Waals surface area contributed by atoms with Crippen LogP contribution in [-0.2, 0) is 11.2 Å². The van der Waals surface area contributed by atoms with Crippen LogP contribution in [0.25, 0.3) is 0 Å². The third-order valence-corrected chi connectivity index (χ3v) is 4.46. The van der Waals surface area contributed by atoms with Crippen LogP contribution in [0.4, 0.5) is 5.69 Å². The second kappa shape index (κ2) is 6.56. The van der Waals surface area contributed by atoms with Crippen molar-refractivity contribution in [3.63, 3.8) is 0 Å². The Hall–Kier alpha value is -0.830. The minimum Gasteiger partial charge on any atom is -0.312 e. The van der Waals surface area contributed by atoms with Crippen LogP contribution in [0, 0.1) is 5.92 Å². The van der Waals surface area contributed by atoms with E-state index in [0.717, 1.165) is 23.1 Å². The second-order valence-electron chi connectivity index (χ2n) is 5.37. The number of carbonyl (C=O) groups is 1. The molecule has 0 fully saturated rings. The molecule has 0 saturated carbocycles. The molecule has 0 saturated heterocycles. The molecular formula is C16H22BrNO. The molecule has 1 aromatic carbocycles. The van der Waals surface area contributed by atoms with Gasteiger partial charge in [0, 0.05) is 16.7 Å². The van der Waals surface area contributed by atoms with Crippen molar-refractivity contribution in [3.8, 4) is 0 Å². The summed E-state index contributed by atoms with van der Waals surface area (Å²) < 4.78 is 1.05. The molecule has 0 aliphatic carbocycles. The molecule has 2 nitrogen and oxygen atoms in total. The first-order valence-electron chi connectivity index (χ1n) is 7.24. The lowest BCUT2D eigenvalue weighted by Gasteiger charge is -2.24. The normalized spacial score (nSPS) is 15.7. The zero-order valence-electron chi connectivity index (χ0n) is 11.8. The van der Waals surface area contributed by atoms with E-state index >= 15 is 0 Å². The molecule has 1 heterocycles. The van der Waals surface area contributed by atoms with Gasteiger partial charge in [-0.25, -0.2) is 0 Å². The number of carbonyl (C=O) groups excluding carboxylic acids is 1. The van der Waals surface area contributed by atoms with E-state index in [1.54, 1.807) is 0 Å². The second-order valence-corrected chi connectivity index (χ2v) is 6.29. The zero-order valence-corrected chi connectivity index (χ0v) is 13.4. The monoisotopic (exact) mass is 323 g/mol. The van der Waals surface area contributed by atoms with E-state index in [0.29, 0.717) is 12.3 Å². The lowest BCUT2D eigenvalue weighted by atomic mass is 9.98. The number of rotatable bonds is 6. The molecule has 3 heteroatoms. The van der Waals surface area contributed by atoms with Crippen molar-refractivity contribution in [1.29, 1.82) is 0 Å². The van der Waals surface area contributed by atoms with Gasteiger partial charge in [-0.3, -0.25) is 4.79 Å². The molecule has 0 bridgehead atoms. The van der Waals surface area contributed by atoms with Gasteiger partial charge in [-0.15, -0.1) is 0 Å². The van der Waals surface area contributed by atoms with Crippen molar-refractivity contribution in [3.05, 3.63) is 28.2 Å². The fourth-order valence-electron chi connectivity index (χ4n) is 2.71. The average Bonchev–Trinajstić information content (AvgIpc) is 2.70. The number of anilines is 1. The highest BCUT2D eigenvalue weighted by Gasteiger charge is 2.28. The Kier molecular flexibility index (Phi) is 5.03. The van der Waals surface area contributed by atoms with Gasteiger partial charge in [-0.1, -0.05) is 55.1 Å². The summed E-state index contributed by atoms with van der Waals surface area (Å²) in [7, 11) is 0. The fourth-order valence-corrected chi connectivity index (χ4v) is 3.06. The highest BCUT2D eigenvalue weighted by molar-refractivity contribution is 9.10. The summed E-state index contributed by atoms with van der Waals surface area (Å²) in [5.74, 6) is 0.872. The number of hydrogen-bond donors (Lipinski definition) is 0. The van der Waals surface area contributed by atoms with Crippen molar-refractivity contribution in [2.75, 3.05) is 11.4 Å². The number of nitrogens with zero attached hydrogens (tertiary/aromatic N) is 1. The van der Waals surface area contributed by atoms with Crippen molar-refractivity contribution in [1.82, 2.24) is 0 Å². The molecule has 2 rings (SSSR count). The van der Waals surface area contributed by atoms with Gasteiger partial charge >= 0.3 is 0 Å². The van der Waals surface area contributed by atoms with Gasteiger partial charge in [-0.2, -0.15) is 0 Å². The third-order valence-electron chi connectivity index (χ3n) is 3.96. The third kappa shape index (κ3) is 3.38. The summed E-state index contributed by atoms with van der Waals surface area (Å²) in [5.41, 5.74) is 2.27. The Bertz CT molecular complexity index is 458. The molecule has 0 spiro atoms. The van der Waals surface area contributed by atoms with Gasteiger partial charge < -0.3 is 4.90 Å². The number of unbranched alkanes of at least 4 members (excludes halogenated alkanes) is 1. The maximum atomic E-state index is 12.2. The minimum absolute atomic E-state index is 0.253. The fraction of sp³-hybridized carbons (Fsp3) is 0.562. The molecule has 0 aromatic heterocycles. The molecular weight excluding hydrogens is 302 g/mol. The standard InChI is InChI=1S/C16H22BrNO/c1-3-5-6-12(4-2)11-18-15-10-14(17)8-7-13(15)9-16(18)19/h7-8,10,12H,3-6,9,11H2,1-2H3. The van der Waals surface area contributed by atoms with Gasteiger partial charge in [0.1, 0.15) is 0 Å². The van der Waals surface area contributed by atoms with E-state index in [1.165, 1.54) is 24.8 Å². The van der Waals surface area contributed by atoms with Crippen LogP contribution in [0.15, 0.2) is 22.7 Å². The van der Waals surface area contributed by atoms with Crippen LogP contribution in [0.5, 0.6) is 0 Å². The lowest BCUT2D eigenvalue weighted by Crippen LogP contribution is -2.32. The summed E-state index contributed by atoms with van der Waals surface area (Å²) >= 11 is 3.50. The van der Waals surface area contributed by atoms with E-state index in [1.807, 2.05) is 11.0 Å². The van der Waals surface area contributed by atoms with E-state index in [2.05, 4.69) is 41.9 Å². The lowest BCUT2D eigenvalue weighted by molar-refractivity contribution is -0.117. The first-order chi connectivity index (χ1) is 9.15. The maximum Gasteiger partial charge on any atom is 0.231 e. The van der Waals surface area contributed by atoms with Crippen molar-refractivity contribution < 1.29 is 4.79 Å². The molecule has 104 valence electrons. The van der Waals surface area contributed by atoms with Crippen LogP contribution in [-0.4, -0.2) is 12.5 Å². The van der Waals surface area contributed by atoms with Crippen molar-refractivity contribution in [2.24, 2.45) is 5.92 Å². The predicted octanol–water partition coefficient (Wildman–Crippen LogP) is 4.55. The molecule has 1 atom stereocenters. The van der Waals surface area contributed by atoms with E-state index < -0.39 is 0 Å². The van der Waals surface area contributed by atoms with E-state index in [9.17, 15) is 4.79 Å². The average molecular weight is 324 g/mol. The van der Waals surface area contributed by atoms with Crippen LogP contribution in [0.2, 0.25) is 0 Å².